The maximum absolute atomic E-state index is 12.0. The van der Waals surface area contributed by atoms with E-state index in [-0.39, 0.29) is 25.3 Å². The predicted molar refractivity (Wildman–Crippen MR) is 114 cm³/mol. The topological polar surface area (TPSA) is 95.5 Å². The van der Waals surface area contributed by atoms with Crippen molar-refractivity contribution in [2.75, 3.05) is 20.0 Å². The van der Waals surface area contributed by atoms with Gasteiger partial charge in [0.1, 0.15) is 0 Å². The van der Waals surface area contributed by atoms with Gasteiger partial charge in [-0.1, -0.05) is 36.3 Å². The van der Waals surface area contributed by atoms with Crippen LogP contribution in [0.4, 0.5) is 0 Å². The molecule has 0 bridgehead atoms. The van der Waals surface area contributed by atoms with Gasteiger partial charge < -0.3 is 24.4 Å². The third-order valence-electron chi connectivity index (χ3n) is 4.80. The molecule has 8 nitrogen and oxygen atoms in total. The minimum absolute atomic E-state index is 0.189. The maximum atomic E-state index is 12.0. The Morgan fingerprint density at radius 1 is 1.10 bits per heavy atom. The molecule has 1 atom stereocenters. The fourth-order valence-corrected chi connectivity index (χ4v) is 2.95. The molecule has 1 N–H and O–H groups in total. The van der Waals surface area contributed by atoms with Crippen LogP contribution in [0.15, 0.2) is 47.6 Å². The molecule has 3 rings (SSSR count). The molecule has 8 heteroatoms. The van der Waals surface area contributed by atoms with E-state index in [1.165, 1.54) is 5.56 Å². The minimum Gasteiger partial charge on any atom is -0.454 e. The van der Waals surface area contributed by atoms with Crippen LogP contribution >= 0.6 is 0 Å². The van der Waals surface area contributed by atoms with E-state index in [2.05, 4.69) is 17.4 Å². The van der Waals surface area contributed by atoms with Crippen LogP contribution in [0, 0.1) is 0 Å². The summed E-state index contributed by atoms with van der Waals surface area (Å²) in [5, 5.41) is 6.71. The molecule has 2 aromatic rings. The fraction of sp³-hybridized carbons (Fsp3) is 0.348. The Morgan fingerprint density at radius 2 is 1.84 bits per heavy atom. The molecule has 0 spiro atoms. The van der Waals surface area contributed by atoms with E-state index >= 15 is 0 Å². The second kappa shape index (κ2) is 10.5. The zero-order valence-corrected chi connectivity index (χ0v) is 17.8. The molecule has 1 amide bonds. The third kappa shape index (κ3) is 6.21. The number of hydrogen-bond acceptors (Lipinski definition) is 7. The predicted octanol–water partition coefficient (Wildman–Crippen LogP) is 3.14. The van der Waals surface area contributed by atoms with Crippen LogP contribution < -0.4 is 14.8 Å². The number of fused-ring (bicyclic) bond motifs is 1. The Balaban J connectivity index is 1.39. The van der Waals surface area contributed by atoms with Crippen molar-refractivity contribution in [2.24, 2.45) is 5.16 Å². The summed E-state index contributed by atoms with van der Waals surface area (Å²) in [6.45, 7) is 5.10. The average Bonchev–Trinajstić information content (AvgIpc) is 3.25. The Hall–Kier alpha value is -3.55. The first-order valence-corrected chi connectivity index (χ1v) is 10.1. The van der Waals surface area contributed by atoms with Crippen molar-refractivity contribution in [3.8, 4) is 11.5 Å². The first-order valence-electron chi connectivity index (χ1n) is 10.1. The highest BCUT2D eigenvalue weighted by molar-refractivity contribution is 5.99. The van der Waals surface area contributed by atoms with Gasteiger partial charge in [-0.05, 0) is 49.6 Å². The van der Waals surface area contributed by atoms with E-state index < -0.39 is 12.6 Å². The molecule has 0 aliphatic carbocycles. The first-order chi connectivity index (χ1) is 15.0. The quantitative estimate of drug-likeness (QED) is 0.376. The molecule has 31 heavy (non-hydrogen) atoms. The van der Waals surface area contributed by atoms with Gasteiger partial charge in [-0.25, -0.2) is 4.79 Å². The van der Waals surface area contributed by atoms with E-state index in [0.29, 0.717) is 17.2 Å². The smallest absolute Gasteiger partial charge is 0.347 e. The zero-order chi connectivity index (χ0) is 22.2. The van der Waals surface area contributed by atoms with E-state index in [0.717, 1.165) is 17.5 Å². The van der Waals surface area contributed by atoms with Crippen LogP contribution in [0.3, 0.4) is 0 Å². The lowest BCUT2D eigenvalue weighted by Crippen LogP contribution is -2.31. The molecule has 0 saturated carbocycles. The molecule has 0 radical (unpaired) electrons. The highest BCUT2D eigenvalue weighted by Crippen LogP contribution is 2.32. The monoisotopic (exact) mass is 426 g/mol. The zero-order valence-electron chi connectivity index (χ0n) is 17.8. The Kier molecular flexibility index (Phi) is 7.48. The number of nitrogens with zero attached hydrogens (tertiary/aromatic N) is 1. The van der Waals surface area contributed by atoms with Gasteiger partial charge in [-0.3, -0.25) is 4.79 Å². The molecule has 1 aliphatic rings. The van der Waals surface area contributed by atoms with Crippen LogP contribution in [0.5, 0.6) is 11.5 Å². The van der Waals surface area contributed by atoms with E-state index in [4.69, 9.17) is 19.0 Å². The molecule has 0 fully saturated rings. The van der Waals surface area contributed by atoms with Gasteiger partial charge in [0.2, 0.25) is 13.4 Å². The SMILES string of the molecule is CCc1ccc(C(C)NC(=O)COC(=O)CO/N=C(\C)c2ccc3c(c2)OCO3)cc1. The van der Waals surface area contributed by atoms with Crippen molar-refractivity contribution in [3.05, 3.63) is 59.2 Å². The Bertz CT molecular complexity index is 955. The summed E-state index contributed by atoms with van der Waals surface area (Å²) in [7, 11) is 0. The number of oxime groups is 1. The lowest BCUT2D eigenvalue weighted by Gasteiger charge is -2.14. The van der Waals surface area contributed by atoms with Crippen LogP contribution in [-0.2, 0) is 25.6 Å². The van der Waals surface area contributed by atoms with Gasteiger partial charge >= 0.3 is 5.97 Å². The molecule has 0 saturated heterocycles. The summed E-state index contributed by atoms with van der Waals surface area (Å²) in [4.78, 5) is 28.9. The van der Waals surface area contributed by atoms with Gasteiger partial charge in [-0.15, -0.1) is 0 Å². The molecule has 1 aliphatic heterocycles. The minimum atomic E-state index is -0.683. The van der Waals surface area contributed by atoms with Crippen LogP contribution in [-0.4, -0.2) is 37.6 Å². The maximum Gasteiger partial charge on any atom is 0.347 e. The number of hydrogen-bond donors (Lipinski definition) is 1. The first kappa shape index (κ1) is 22.1. The summed E-state index contributed by atoms with van der Waals surface area (Å²) >= 11 is 0. The number of aryl methyl sites for hydroxylation is 1. The van der Waals surface area contributed by atoms with Crippen molar-refractivity contribution >= 4 is 17.6 Å². The number of esters is 1. The highest BCUT2D eigenvalue weighted by atomic mass is 16.7. The second-order valence-corrected chi connectivity index (χ2v) is 7.06. The number of carbonyl (C=O) groups is 2. The van der Waals surface area contributed by atoms with Crippen LogP contribution in [0.1, 0.15) is 43.5 Å². The lowest BCUT2D eigenvalue weighted by molar-refractivity contribution is -0.153. The van der Waals surface area contributed by atoms with E-state index in [1.54, 1.807) is 19.1 Å². The average molecular weight is 426 g/mol. The Morgan fingerprint density at radius 3 is 2.58 bits per heavy atom. The Labute approximate surface area is 181 Å². The molecule has 1 unspecified atom stereocenters. The lowest BCUT2D eigenvalue weighted by atomic mass is 10.1. The number of amides is 1. The summed E-state index contributed by atoms with van der Waals surface area (Å²) < 4.78 is 15.5. The van der Waals surface area contributed by atoms with Crippen molar-refractivity contribution in [3.63, 3.8) is 0 Å². The number of benzene rings is 2. The molecule has 0 aromatic heterocycles. The van der Waals surface area contributed by atoms with E-state index in [9.17, 15) is 9.59 Å². The van der Waals surface area contributed by atoms with Crippen molar-refractivity contribution in [2.45, 2.75) is 33.2 Å². The standard InChI is InChI=1S/C23H26N2O6/c1-4-17-5-7-18(8-6-17)15(2)24-22(26)12-28-23(27)13-31-25-16(3)19-9-10-20-21(11-19)30-14-29-20/h5-11,15H,4,12-14H2,1-3H3,(H,24,26)/b25-16+. The number of nitrogens with one attached hydrogen (secondary N) is 1. The molecular formula is C23H26N2O6. The third-order valence-corrected chi connectivity index (χ3v) is 4.80. The van der Waals surface area contributed by atoms with Gasteiger partial charge in [0.15, 0.2) is 18.1 Å². The van der Waals surface area contributed by atoms with Crippen molar-refractivity contribution in [1.82, 2.24) is 5.32 Å². The van der Waals surface area contributed by atoms with Gasteiger partial charge in [0.05, 0.1) is 11.8 Å². The number of carbonyl (C=O) groups excluding carboxylic acids is 2. The molecule has 164 valence electrons. The number of rotatable bonds is 9. The van der Waals surface area contributed by atoms with Gasteiger partial charge in [0.25, 0.3) is 5.91 Å². The molecule has 1 heterocycles. The fourth-order valence-electron chi connectivity index (χ4n) is 2.95. The summed E-state index contributed by atoms with van der Waals surface area (Å²) in [6.07, 6.45) is 0.958. The van der Waals surface area contributed by atoms with Crippen molar-refractivity contribution in [1.29, 1.82) is 0 Å². The van der Waals surface area contributed by atoms with Crippen LogP contribution in [0.25, 0.3) is 0 Å². The second-order valence-electron chi connectivity index (χ2n) is 7.06. The highest BCUT2D eigenvalue weighted by Gasteiger charge is 2.15. The summed E-state index contributed by atoms with van der Waals surface area (Å²) in [6, 6.07) is 13.2. The van der Waals surface area contributed by atoms with Gasteiger partial charge in [-0.2, -0.15) is 0 Å². The van der Waals surface area contributed by atoms with Crippen LogP contribution in [0.2, 0.25) is 0 Å². The molecular weight excluding hydrogens is 400 g/mol. The normalized spacial score (nSPS) is 13.5. The molecule has 2 aromatic carbocycles. The largest absolute Gasteiger partial charge is 0.454 e. The van der Waals surface area contributed by atoms with E-state index in [1.807, 2.05) is 37.3 Å². The summed E-state index contributed by atoms with van der Waals surface area (Å²) in [5.74, 6) is 0.234. The summed E-state index contributed by atoms with van der Waals surface area (Å²) in [5.41, 5.74) is 3.55. The number of ether oxygens (including phenoxy) is 3. The van der Waals surface area contributed by atoms with Crippen molar-refractivity contribution < 1.29 is 28.6 Å². The van der Waals surface area contributed by atoms with Gasteiger partial charge in [0, 0.05) is 5.56 Å².